The van der Waals surface area contributed by atoms with Gasteiger partial charge >= 0.3 is 0 Å². The molecule has 0 radical (unpaired) electrons. The number of ether oxygens (including phenoxy) is 3. The van der Waals surface area contributed by atoms with Crippen molar-refractivity contribution in [2.24, 2.45) is 0 Å². The van der Waals surface area contributed by atoms with E-state index in [9.17, 15) is 0 Å². The van der Waals surface area contributed by atoms with Crippen LogP contribution < -0.4 is 0 Å². The Morgan fingerprint density at radius 1 is 0.593 bits per heavy atom. The number of rotatable bonds is 22. The third kappa shape index (κ3) is 18.9. The van der Waals surface area contributed by atoms with E-state index < -0.39 is 0 Å². The molecule has 1 N–H and O–H groups in total. The van der Waals surface area contributed by atoms with E-state index in [4.69, 9.17) is 19.3 Å². The van der Waals surface area contributed by atoms with Crippen molar-refractivity contribution in [1.29, 1.82) is 0 Å². The Bertz CT molecular complexity index is 269. The molecule has 164 valence electrons. The Balaban J connectivity index is 3.32. The first kappa shape index (κ1) is 26.8. The number of aliphatic hydroxyl groups is 1. The van der Waals surface area contributed by atoms with Crippen molar-refractivity contribution >= 4 is 0 Å². The fourth-order valence-electron chi connectivity index (χ4n) is 3.36. The van der Waals surface area contributed by atoms with Gasteiger partial charge in [-0.25, -0.2) is 0 Å². The Labute approximate surface area is 169 Å². The third-order valence-electron chi connectivity index (χ3n) is 5.36. The lowest BCUT2D eigenvalue weighted by atomic mass is 10.0. The highest BCUT2D eigenvalue weighted by molar-refractivity contribution is 4.59. The van der Waals surface area contributed by atoms with E-state index >= 15 is 0 Å². The summed E-state index contributed by atoms with van der Waals surface area (Å²) in [5.41, 5.74) is 0. The predicted octanol–water partition coefficient (Wildman–Crippen LogP) is 5.90. The predicted molar refractivity (Wildman–Crippen MR) is 114 cm³/mol. The Morgan fingerprint density at radius 3 is 1.41 bits per heavy atom. The molecule has 0 fully saturated rings. The minimum Gasteiger partial charge on any atom is -0.394 e. The molecule has 0 rings (SSSR count). The molecule has 27 heavy (non-hydrogen) atoms. The first-order valence-corrected chi connectivity index (χ1v) is 11.5. The standard InChI is InChI=1S/C23H48O4/c1-4-5-6-7-8-9-10-11-12-13-14-15-16-17-18-22(25-2)20-27-21-23(19-24)26-3/h22-24H,4-21H2,1-3H3. The third-order valence-corrected chi connectivity index (χ3v) is 5.36. The van der Waals surface area contributed by atoms with Crippen LogP contribution in [0.1, 0.15) is 103 Å². The van der Waals surface area contributed by atoms with Crippen LogP contribution in [-0.2, 0) is 14.2 Å². The van der Waals surface area contributed by atoms with E-state index in [1.807, 2.05) is 0 Å². The summed E-state index contributed by atoms with van der Waals surface area (Å²) < 4.78 is 16.2. The maximum atomic E-state index is 9.06. The first-order valence-electron chi connectivity index (χ1n) is 11.5. The fourth-order valence-corrected chi connectivity index (χ4v) is 3.36. The highest BCUT2D eigenvalue weighted by Crippen LogP contribution is 2.14. The summed E-state index contributed by atoms with van der Waals surface area (Å²) in [5.74, 6) is 0. The van der Waals surface area contributed by atoms with Crippen molar-refractivity contribution in [3.8, 4) is 0 Å². The van der Waals surface area contributed by atoms with Gasteiger partial charge in [-0.3, -0.25) is 0 Å². The smallest absolute Gasteiger partial charge is 0.103 e. The van der Waals surface area contributed by atoms with Gasteiger partial charge in [-0.15, -0.1) is 0 Å². The summed E-state index contributed by atoms with van der Waals surface area (Å²) in [4.78, 5) is 0. The average Bonchev–Trinajstić information content (AvgIpc) is 2.69. The number of hydrogen-bond acceptors (Lipinski definition) is 4. The minimum absolute atomic E-state index is 0.00684. The van der Waals surface area contributed by atoms with Crippen molar-refractivity contribution < 1.29 is 19.3 Å². The van der Waals surface area contributed by atoms with Crippen LogP contribution in [0.25, 0.3) is 0 Å². The maximum absolute atomic E-state index is 9.06. The van der Waals surface area contributed by atoms with Crippen molar-refractivity contribution in [1.82, 2.24) is 0 Å². The van der Waals surface area contributed by atoms with Crippen LogP contribution in [0.15, 0.2) is 0 Å². The zero-order valence-electron chi connectivity index (χ0n) is 18.6. The summed E-state index contributed by atoms with van der Waals surface area (Å²) in [6.07, 6.45) is 20.3. The SMILES string of the molecule is CCCCCCCCCCCCCCCCC(COCC(CO)OC)OC. The van der Waals surface area contributed by atoms with Gasteiger partial charge in [0.25, 0.3) is 0 Å². The van der Waals surface area contributed by atoms with E-state index in [2.05, 4.69) is 6.92 Å². The lowest BCUT2D eigenvalue weighted by Crippen LogP contribution is -2.26. The average molecular weight is 389 g/mol. The largest absolute Gasteiger partial charge is 0.394 e. The lowest BCUT2D eigenvalue weighted by molar-refractivity contribution is -0.0515. The molecule has 2 atom stereocenters. The van der Waals surface area contributed by atoms with Gasteiger partial charge in [0.2, 0.25) is 0 Å². The van der Waals surface area contributed by atoms with Crippen molar-refractivity contribution in [3.05, 3.63) is 0 Å². The van der Waals surface area contributed by atoms with Crippen LogP contribution in [0.3, 0.4) is 0 Å². The fraction of sp³-hybridized carbons (Fsp3) is 1.00. The molecule has 0 bridgehead atoms. The summed E-state index contributed by atoms with van der Waals surface area (Å²) in [6.45, 7) is 3.27. The van der Waals surface area contributed by atoms with Gasteiger partial charge in [0.15, 0.2) is 0 Å². The summed E-state index contributed by atoms with van der Waals surface area (Å²) in [6, 6.07) is 0. The zero-order chi connectivity index (χ0) is 20.0. The molecule has 0 aromatic carbocycles. The monoisotopic (exact) mass is 388 g/mol. The number of aliphatic hydroxyl groups excluding tert-OH is 1. The van der Waals surface area contributed by atoms with Crippen LogP contribution in [0.5, 0.6) is 0 Å². The van der Waals surface area contributed by atoms with Gasteiger partial charge in [-0.05, 0) is 6.42 Å². The van der Waals surface area contributed by atoms with E-state index in [0.29, 0.717) is 13.2 Å². The topological polar surface area (TPSA) is 47.9 Å². The molecule has 0 aliphatic carbocycles. The van der Waals surface area contributed by atoms with Crippen molar-refractivity contribution in [3.63, 3.8) is 0 Å². The molecular formula is C23H48O4. The van der Waals surface area contributed by atoms with Crippen LogP contribution in [-0.4, -0.2) is 51.4 Å². The maximum Gasteiger partial charge on any atom is 0.103 e. The molecule has 4 heteroatoms. The molecule has 2 unspecified atom stereocenters. The lowest BCUT2D eigenvalue weighted by Gasteiger charge is -2.18. The van der Waals surface area contributed by atoms with Gasteiger partial charge in [-0.2, -0.15) is 0 Å². The second-order valence-corrected chi connectivity index (χ2v) is 7.82. The molecule has 0 aromatic heterocycles. The molecule has 0 spiro atoms. The Hall–Kier alpha value is -0.160. The van der Waals surface area contributed by atoms with Crippen LogP contribution >= 0.6 is 0 Å². The van der Waals surface area contributed by atoms with Gasteiger partial charge < -0.3 is 19.3 Å². The van der Waals surface area contributed by atoms with Crippen LogP contribution in [0, 0.1) is 0 Å². The molecule has 0 saturated heterocycles. The van der Waals surface area contributed by atoms with Crippen molar-refractivity contribution in [2.45, 2.75) is 115 Å². The molecule has 0 aliphatic heterocycles. The summed E-state index contributed by atoms with van der Waals surface area (Å²) in [7, 11) is 3.34. The number of hydrogen-bond donors (Lipinski definition) is 1. The zero-order valence-corrected chi connectivity index (χ0v) is 18.6. The normalized spacial score (nSPS) is 13.8. The van der Waals surface area contributed by atoms with Gasteiger partial charge in [0.05, 0.1) is 25.9 Å². The second kappa shape index (κ2) is 22.1. The molecular weight excluding hydrogens is 340 g/mol. The van der Waals surface area contributed by atoms with Gasteiger partial charge in [0, 0.05) is 14.2 Å². The van der Waals surface area contributed by atoms with Gasteiger partial charge in [0.1, 0.15) is 6.10 Å². The Morgan fingerprint density at radius 2 is 1.00 bits per heavy atom. The molecule has 0 aromatic rings. The van der Waals surface area contributed by atoms with E-state index in [1.54, 1.807) is 14.2 Å². The van der Waals surface area contributed by atoms with Gasteiger partial charge in [-0.1, -0.05) is 96.8 Å². The summed E-state index contributed by atoms with van der Waals surface area (Å²) >= 11 is 0. The van der Waals surface area contributed by atoms with E-state index in [-0.39, 0.29) is 18.8 Å². The Kier molecular flexibility index (Phi) is 22.0. The van der Waals surface area contributed by atoms with Crippen LogP contribution in [0.2, 0.25) is 0 Å². The second-order valence-electron chi connectivity index (χ2n) is 7.82. The van der Waals surface area contributed by atoms with Crippen LogP contribution in [0.4, 0.5) is 0 Å². The minimum atomic E-state index is -0.233. The molecule has 4 nitrogen and oxygen atoms in total. The quantitative estimate of drug-likeness (QED) is 0.235. The highest BCUT2D eigenvalue weighted by Gasteiger charge is 2.10. The number of methoxy groups -OCH3 is 2. The highest BCUT2D eigenvalue weighted by atomic mass is 16.5. The van der Waals surface area contributed by atoms with E-state index in [0.717, 1.165) is 6.42 Å². The number of unbranched alkanes of at least 4 members (excludes halogenated alkanes) is 13. The first-order chi connectivity index (χ1) is 13.3. The van der Waals surface area contributed by atoms with Crippen molar-refractivity contribution in [2.75, 3.05) is 34.0 Å². The molecule has 0 aliphatic rings. The molecule has 0 heterocycles. The molecule has 0 saturated carbocycles. The van der Waals surface area contributed by atoms with E-state index in [1.165, 1.54) is 89.9 Å². The molecule has 0 amide bonds. The summed E-state index contributed by atoms with van der Waals surface area (Å²) in [5, 5.41) is 9.06.